The lowest BCUT2D eigenvalue weighted by molar-refractivity contribution is -0.116. The number of halogens is 1. The van der Waals surface area contributed by atoms with Crippen molar-refractivity contribution in [3.63, 3.8) is 0 Å². The van der Waals surface area contributed by atoms with Gasteiger partial charge in [-0.15, -0.1) is 11.8 Å². The summed E-state index contributed by atoms with van der Waals surface area (Å²) < 4.78 is 0. The first kappa shape index (κ1) is 33.1. The normalized spacial score (nSPS) is 11.7. The maximum absolute atomic E-state index is 13.5. The van der Waals surface area contributed by atoms with E-state index in [0.717, 1.165) is 21.7 Å². The molecule has 0 saturated heterocycles. The molecule has 5 rings (SSSR count). The number of benzene rings is 5. The number of rotatable bonds is 11. The van der Waals surface area contributed by atoms with Gasteiger partial charge in [0.1, 0.15) is 10.9 Å². The van der Waals surface area contributed by atoms with Crippen LogP contribution in [0.3, 0.4) is 0 Å². The van der Waals surface area contributed by atoms with Gasteiger partial charge >= 0.3 is 0 Å². The third-order valence-electron chi connectivity index (χ3n) is 7.05. The second-order valence-electron chi connectivity index (χ2n) is 10.8. The summed E-state index contributed by atoms with van der Waals surface area (Å²) in [5, 5.41) is 8.61. The summed E-state index contributed by atoms with van der Waals surface area (Å²) in [6.07, 6.45) is 1.64. The second kappa shape index (κ2) is 15.8. The quantitative estimate of drug-likeness (QED) is 0.0980. The molecule has 5 aromatic rings. The number of carbonyl (C=O) groups is 3. The summed E-state index contributed by atoms with van der Waals surface area (Å²) in [6, 6.07) is 40.1. The van der Waals surface area contributed by atoms with E-state index in [1.54, 1.807) is 66.7 Å². The van der Waals surface area contributed by atoms with Crippen molar-refractivity contribution in [3.8, 4) is 0 Å². The molecule has 0 fully saturated rings. The van der Waals surface area contributed by atoms with Gasteiger partial charge in [0, 0.05) is 46.6 Å². The minimum atomic E-state index is -0.544. The van der Waals surface area contributed by atoms with Crippen molar-refractivity contribution in [1.82, 2.24) is 5.32 Å². The summed E-state index contributed by atoms with van der Waals surface area (Å²) in [7, 11) is 3.90. The molecule has 47 heavy (non-hydrogen) atoms. The number of hydrogen-bond acceptors (Lipinski definition) is 5. The molecule has 0 aromatic heterocycles. The van der Waals surface area contributed by atoms with Crippen LogP contribution in [0.25, 0.3) is 6.08 Å². The highest BCUT2D eigenvalue weighted by molar-refractivity contribution is 8.00. The van der Waals surface area contributed by atoms with Crippen molar-refractivity contribution < 1.29 is 14.4 Å². The molecule has 0 aliphatic heterocycles. The number of amides is 3. The Morgan fingerprint density at radius 2 is 1.38 bits per heavy atom. The molecule has 3 N–H and O–H groups in total. The molecule has 0 bridgehead atoms. The van der Waals surface area contributed by atoms with Crippen molar-refractivity contribution in [2.24, 2.45) is 0 Å². The monoisotopic (exact) mass is 660 g/mol. The van der Waals surface area contributed by atoms with E-state index in [2.05, 4.69) is 16.0 Å². The summed E-state index contributed by atoms with van der Waals surface area (Å²) >= 11 is 7.51. The van der Waals surface area contributed by atoms with Gasteiger partial charge in [-0.25, -0.2) is 0 Å². The molecule has 0 aliphatic rings. The molecular formula is C38H33ClN4O3S. The number of hydrogen-bond donors (Lipinski definition) is 3. The Kier molecular flexibility index (Phi) is 11.1. The lowest BCUT2D eigenvalue weighted by Gasteiger charge is -2.18. The summed E-state index contributed by atoms with van der Waals surface area (Å²) in [4.78, 5) is 42.8. The fraction of sp³-hybridized carbons (Fsp3) is 0.0789. The van der Waals surface area contributed by atoms with Crippen molar-refractivity contribution in [2.75, 3.05) is 29.6 Å². The molecular weight excluding hydrogens is 628 g/mol. The molecule has 0 radical (unpaired) electrons. The van der Waals surface area contributed by atoms with Gasteiger partial charge in [0.05, 0.1) is 0 Å². The average molecular weight is 661 g/mol. The molecule has 3 amide bonds. The van der Waals surface area contributed by atoms with Crippen LogP contribution in [0.4, 0.5) is 17.1 Å². The zero-order valence-corrected chi connectivity index (χ0v) is 27.4. The van der Waals surface area contributed by atoms with Gasteiger partial charge in [-0.05, 0) is 83.9 Å². The zero-order chi connectivity index (χ0) is 33.2. The lowest BCUT2D eigenvalue weighted by atomic mass is 10.1. The first-order valence-electron chi connectivity index (χ1n) is 14.8. The molecule has 1 unspecified atom stereocenters. The zero-order valence-electron chi connectivity index (χ0n) is 25.8. The first-order valence-corrected chi connectivity index (χ1v) is 16.1. The van der Waals surface area contributed by atoms with E-state index >= 15 is 0 Å². The van der Waals surface area contributed by atoms with Gasteiger partial charge in [-0.3, -0.25) is 14.4 Å². The van der Waals surface area contributed by atoms with Gasteiger partial charge in [-0.1, -0.05) is 78.3 Å². The van der Waals surface area contributed by atoms with Crippen LogP contribution >= 0.6 is 23.4 Å². The van der Waals surface area contributed by atoms with E-state index < -0.39 is 17.1 Å². The van der Waals surface area contributed by atoms with E-state index in [0.29, 0.717) is 22.0 Å². The Bertz CT molecular complexity index is 1860. The standard InChI is InChI=1S/C38H33ClN4O3S/c1-43(2)32-20-16-26(17-21-32)24-34(42-36(44)28-12-7-4-8-13-28)37(45)40-30-18-22-33(23-19-30)47-35(27-10-5-3-6-11-27)38(46)41-31-15-9-14-29(39)25-31/h3-25,35H,1-2H3,(H,40,45)(H,41,46)(H,42,44)/b34-24-. The molecule has 9 heteroatoms. The SMILES string of the molecule is CN(C)c1ccc(/C=C(\NC(=O)c2ccccc2)C(=O)Nc2ccc(SC(C(=O)Nc3cccc(Cl)c3)c3ccccc3)cc2)cc1. The van der Waals surface area contributed by atoms with E-state index in [-0.39, 0.29) is 11.6 Å². The molecule has 236 valence electrons. The smallest absolute Gasteiger partial charge is 0.272 e. The van der Waals surface area contributed by atoms with Gasteiger partial charge in [0.15, 0.2) is 0 Å². The van der Waals surface area contributed by atoms with Gasteiger partial charge in [0.25, 0.3) is 11.8 Å². The van der Waals surface area contributed by atoms with Crippen molar-refractivity contribution >= 4 is 64.2 Å². The van der Waals surface area contributed by atoms with Crippen LogP contribution in [0.1, 0.15) is 26.7 Å². The van der Waals surface area contributed by atoms with E-state index in [4.69, 9.17) is 11.6 Å². The fourth-order valence-electron chi connectivity index (χ4n) is 4.60. The second-order valence-corrected chi connectivity index (χ2v) is 12.4. The number of nitrogens with one attached hydrogen (secondary N) is 3. The Morgan fingerprint density at radius 1 is 0.723 bits per heavy atom. The van der Waals surface area contributed by atoms with Crippen LogP contribution < -0.4 is 20.9 Å². The van der Waals surface area contributed by atoms with Crippen molar-refractivity contribution in [2.45, 2.75) is 10.1 Å². The summed E-state index contributed by atoms with van der Waals surface area (Å²) in [6.45, 7) is 0. The van der Waals surface area contributed by atoms with E-state index in [1.165, 1.54) is 11.8 Å². The predicted molar refractivity (Wildman–Crippen MR) is 193 cm³/mol. The van der Waals surface area contributed by atoms with Gasteiger partial charge < -0.3 is 20.9 Å². The molecule has 0 aliphatic carbocycles. The predicted octanol–water partition coefficient (Wildman–Crippen LogP) is 8.29. The van der Waals surface area contributed by atoms with Gasteiger partial charge in [-0.2, -0.15) is 0 Å². The minimum absolute atomic E-state index is 0.0942. The van der Waals surface area contributed by atoms with Crippen molar-refractivity contribution in [1.29, 1.82) is 0 Å². The molecule has 0 heterocycles. The van der Waals surface area contributed by atoms with Crippen LogP contribution in [0.2, 0.25) is 5.02 Å². The van der Waals surface area contributed by atoms with E-state index in [9.17, 15) is 14.4 Å². The number of thioether (sulfide) groups is 1. The van der Waals surface area contributed by atoms with Crippen LogP contribution in [0.5, 0.6) is 0 Å². The van der Waals surface area contributed by atoms with Gasteiger partial charge in [0.2, 0.25) is 5.91 Å². The third kappa shape index (κ3) is 9.36. The summed E-state index contributed by atoms with van der Waals surface area (Å²) in [5.74, 6) is -1.07. The van der Waals surface area contributed by atoms with Crippen LogP contribution in [0.15, 0.2) is 144 Å². The molecule has 5 aromatic carbocycles. The Balaban J connectivity index is 1.33. The topological polar surface area (TPSA) is 90.5 Å². The maximum atomic E-state index is 13.5. The minimum Gasteiger partial charge on any atom is -0.378 e. The van der Waals surface area contributed by atoms with Crippen LogP contribution in [-0.2, 0) is 9.59 Å². The Labute approximate surface area is 283 Å². The fourth-order valence-corrected chi connectivity index (χ4v) is 5.82. The number of carbonyl (C=O) groups excluding carboxylic acids is 3. The van der Waals surface area contributed by atoms with Crippen molar-refractivity contribution in [3.05, 3.63) is 161 Å². The highest BCUT2D eigenvalue weighted by atomic mass is 35.5. The highest BCUT2D eigenvalue weighted by Crippen LogP contribution is 2.37. The lowest BCUT2D eigenvalue weighted by Crippen LogP contribution is -2.30. The molecule has 0 saturated carbocycles. The third-order valence-corrected chi connectivity index (χ3v) is 8.55. The number of anilines is 3. The Hall–Kier alpha value is -5.31. The first-order chi connectivity index (χ1) is 22.7. The molecule has 7 nitrogen and oxygen atoms in total. The maximum Gasteiger partial charge on any atom is 0.272 e. The van der Waals surface area contributed by atoms with Crippen LogP contribution in [-0.4, -0.2) is 31.8 Å². The number of nitrogens with zero attached hydrogens (tertiary/aromatic N) is 1. The Morgan fingerprint density at radius 3 is 2.02 bits per heavy atom. The largest absolute Gasteiger partial charge is 0.378 e. The molecule has 0 spiro atoms. The van der Waals surface area contributed by atoms with E-state index in [1.807, 2.05) is 91.8 Å². The average Bonchev–Trinajstić information content (AvgIpc) is 3.08. The van der Waals surface area contributed by atoms with Crippen LogP contribution in [0, 0.1) is 0 Å². The highest BCUT2D eigenvalue weighted by Gasteiger charge is 2.23. The summed E-state index contributed by atoms with van der Waals surface area (Å²) in [5.41, 5.74) is 4.28. The molecule has 1 atom stereocenters.